The van der Waals surface area contributed by atoms with Crippen molar-refractivity contribution in [2.75, 3.05) is 0 Å². The lowest BCUT2D eigenvalue weighted by atomic mass is 9.97. The van der Waals surface area contributed by atoms with Gasteiger partial charge < -0.3 is 9.73 Å². The lowest BCUT2D eigenvalue weighted by molar-refractivity contribution is 0.672. The van der Waals surface area contributed by atoms with Crippen LogP contribution in [0.1, 0.15) is 22.9 Å². The fourth-order valence-corrected chi connectivity index (χ4v) is 8.03. The van der Waals surface area contributed by atoms with Crippen LogP contribution in [0.4, 0.5) is 0 Å². The zero-order valence-corrected chi connectivity index (χ0v) is 30.8. The molecule has 0 radical (unpaired) electrons. The number of hydrogen-bond acceptors (Lipinski definition) is 5. The average Bonchev–Trinajstić information content (AvgIpc) is 3.69. The van der Waals surface area contributed by atoms with Crippen LogP contribution in [0.5, 0.6) is 0 Å². The normalized spacial score (nSPS) is 14.1. The molecule has 10 aromatic rings. The van der Waals surface area contributed by atoms with Gasteiger partial charge in [0.2, 0.25) is 0 Å². The van der Waals surface area contributed by atoms with Gasteiger partial charge in [-0.2, -0.15) is 0 Å². The van der Waals surface area contributed by atoms with E-state index in [2.05, 4.69) is 163 Å². The van der Waals surface area contributed by atoms with Gasteiger partial charge in [-0.15, -0.1) is 0 Å². The van der Waals surface area contributed by atoms with Crippen molar-refractivity contribution >= 4 is 55.3 Å². The van der Waals surface area contributed by atoms with E-state index in [4.69, 9.17) is 19.4 Å². The van der Waals surface area contributed by atoms with E-state index in [-0.39, 0.29) is 6.17 Å². The van der Waals surface area contributed by atoms with Gasteiger partial charge in [0.15, 0.2) is 5.84 Å². The molecule has 0 fully saturated rings. The van der Waals surface area contributed by atoms with E-state index in [0.29, 0.717) is 5.84 Å². The van der Waals surface area contributed by atoms with Crippen LogP contribution in [-0.4, -0.2) is 16.7 Å². The maximum atomic E-state index is 6.59. The van der Waals surface area contributed by atoms with Crippen molar-refractivity contribution in [3.8, 4) is 33.5 Å². The number of rotatable bonds is 6. The van der Waals surface area contributed by atoms with E-state index in [1.165, 1.54) is 5.56 Å². The van der Waals surface area contributed by atoms with Crippen LogP contribution < -0.4 is 5.32 Å². The molecule has 3 heterocycles. The van der Waals surface area contributed by atoms with Crippen molar-refractivity contribution in [1.29, 1.82) is 0 Å². The summed E-state index contributed by atoms with van der Waals surface area (Å²) >= 11 is 0. The summed E-state index contributed by atoms with van der Waals surface area (Å²) in [5, 5.41) is 9.07. The molecule has 1 aliphatic rings. The zero-order chi connectivity index (χ0) is 37.7. The Kier molecular flexibility index (Phi) is 7.81. The topological polar surface area (TPSA) is 62.8 Å². The Labute approximate surface area is 329 Å². The molecular formula is C52H34N4O. The Bertz CT molecular complexity index is 3200. The van der Waals surface area contributed by atoms with Crippen LogP contribution >= 0.6 is 0 Å². The molecule has 11 rings (SSSR count). The second kappa shape index (κ2) is 13.6. The summed E-state index contributed by atoms with van der Waals surface area (Å²) in [6.45, 7) is 0. The van der Waals surface area contributed by atoms with Gasteiger partial charge in [-0.3, -0.25) is 0 Å². The molecule has 1 unspecified atom stereocenters. The summed E-state index contributed by atoms with van der Waals surface area (Å²) in [6, 6.07) is 67.5. The number of nitrogens with zero attached hydrogens (tertiary/aromatic N) is 3. The third kappa shape index (κ3) is 5.94. The number of fused-ring (bicyclic) bond motifs is 6. The molecule has 0 saturated heterocycles. The highest BCUT2D eigenvalue weighted by Gasteiger charge is 2.22. The number of nitrogens with one attached hydrogen (secondary N) is 1. The Morgan fingerprint density at radius 3 is 1.88 bits per heavy atom. The first kappa shape index (κ1) is 32.8. The molecule has 0 aliphatic carbocycles. The molecule has 1 aliphatic heterocycles. The van der Waals surface area contributed by atoms with E-state index in [1.54, 1.807) is 0 Å². The fraction of sp³-hybridized carbons (Fsp3) is 0.0192. The van der Waals surface area contributed by atoms with E-state index in [9.17, 15) is 0 Å². The summed E-state index contributed by atoms with van der Waals surface area (Å²) in [4.78, 5) is 15.5. The van der Waals surface area contributed by atoms with Gasteiger partial charge in [0, 0.05) is 27.5 Å². The smallest absolute Gasteiger partial charge is 0.159 e. The van der Waals surface area contributed by atoms with Crippen LogP contribution in [0, 0.1) is 0 Å². The molecule has 5 nitrogen and oxygen atoms in total. The lowest BCUT2D eigenvalue weighted by Crippen LogP contribution is -2.33. The Morgan fingerprint density at radius 2 is 1.07 bits per heavy atom. The monoisotopic (exact) mass is 730 g/mol. The highest BCUT2D eigenvalue weighted by molar-refractivity contribution is 6.21. The first-order valence-electron chi connectivity index (χ1n) is 19.2. The minimum absolute atomic E-state index is 0.309. The first-order chi connectivity index (χ1) is 28.2. The number of furan rings is 1. The number of hydrogen-bond donors (Lipinski definition) is 1. The Balaban J connectivity index is 0.967. The maximum Gasteiger partial charge on any atom is 0.159 e. The molecule has 2 aromatic heterocycles. The summed E-state index contributed by atoms with van der Waals surface area (Å²) in [6.07, 6.45) is -0.309. The maximum absolute atomic E-state index is 6.59. The van der Waals surface area contributed by atoms with Gasteiger partial charge in [0.1, 0.15) is 23.2 Å². The van der Waals surface area contributed by atoms with Crippen LogP contribution in [0.2, 0.25) is 0 Å². The fourth-order valence-electron chi connectivity index (χ4n) is 8.03. The summed E-state index contributed by atoms with van der Waals surface area (Å²) in [7, 11) is 0. The van der Waals surface area contributed by atoms with Crippen molar-refractivity contribution < 1.29 is 4.42 Å². The van der Waals surface area contributed by atoms with Crippen LogP contribution in [-0.2, 0) is 0 Å². The minimum atomic E-state index is -0.309. The van der Waals surface area contributed by atoms with Crippen molar-refractivity contribution in [3.05, 3.63) is 211 Å². The number of para-hydroxylation sites is 1. The molecule has 0 bridgehead atoms. The Morgan fingerprint density at radius 1 is 0.456 bits per heavy atom. The number of pyridine rings is 1. The summed E-state index contributed by atoms with van der Waals surface area (Å²) in [5.41, 5.74) is 12.1. The minimum Gasteiger partial charge on any atom is -0.455 e. The van der Waals surface area contributed by atoms with Crippen LogP contribution in [0.25, 0.3) is 77.1 Å². The summed E-state index contributed by atoms with van der Waals surface area (Å²) in [5.74, 6) is 1.48. The molecule has 268 valence electrons. The lowest BCUT2D eigenvalue weighted by Gasteiger charge is -2.24. The van der Waals surface area contributed by atoms with Gasteiger partial charge in [0.25, 0.3) is 0 Å². The highest BCUT2D eigenvalue weighted by Crippen LogP contribution is 2.41. The average molecular weight is 731 g/mol. The third-order valence-electron chi connectivity index (χ3n) is 10.9. The molecule has 5 heteroatoms. The first-order valence-corrected chi connectivity index (χ1v) is 19.2. The van der Waals surface area contributed by atoms with E-state index < -0.39 is 0 Å². The quantitative estimate of drug-likeness (QED) is 0.173. The second-order valence-corrected chi connectivity index (χ2v) is 14.5. The summed E-state index contributed by atoms with van der Waals surface area (Å²) < 4.78 is 6.59. The molecule has 0 saturated carbocycles. The highest BCUT2D eigenvalue weighted by atomic mass is 16.3. The van der Waals surface area contributed by atoms with Crippen molar-refractivity contribution in [1.82, 2.24) is 10.3 Å². The number of benzene rings is 8. The largest absolute Gasteiger partial charge is 0.455 e. The number of aliphatic imine (C=N–C) groups is 2. The van der Waals surface area contributed by atoms with Crippen molar-refractivity contribution in [2.24, 2.45) is 9.98 Å². The molecule has 0 amide bonds. The van der Waals surface area contributed by atoms with Crippen LogP contribution in [0.3, 0.4) is 0 Å². The Hall–Kier alpha value is -7.63. The molecular weight excluding hydrogens is 697 g/mol. The zero-order valence-electron chi connectivity index (χ0n) is 30.8. The predicted octanol–water partition coefficient (Wildman–Crippen LogP) is 12.8. The van der Waals surface area contributed by atoms with E-state index in [0.717, 1.165) is 94.1 Å². The van der Waals surface area contributed by atoms with E-state index in [1.807, 2.05) is 36.4 Å². The second-order valence-electron chi connectivity index (χ2n) is 14.5. The standard InChI is InChI=1S/C52H34N4O/c1-3-13-33(14-4-1)38-20-12-22-42(30-38)52-55-50(35-15-5-2-6-16-35)54-51(56-52)36-27-25-34(26-28-36)37-19-11-21-41(29-37)48-47-43-23-9-10-24-46(43)57-49(47)44-31-39-17-7-8-18-40(39)32-45(44)53-48/h1-32,52H,(H,54,55,56). The molecule has 57 heavy (non-hydrogen) atoms. The van der Waals surface area contributed by atoms with Gasteiger partial charge in [-0.25, -0.2) is 15.0 Å². The third-order valence-corrected chi connectivity index (χ3v) is 10.9. The van der Waals surface area contributed by atoms with Crippen molar-refractivity contribution in [2.45, 2.75) is 6.17 Å². The molecule has 8 aromatic carbocycles. The molecule has 1 atom stereocenters. The number of amidine groups is 2. The van der Waals surface area contributed by atoms with Gasteiger partial charge in [-0.05, 0) is 68.9 Å². The molecule has 0 spiro atoms. The predicted molar refractivity (Wildman–Crippen MR) is 235 cm³/mol. The van der Waals surface area contributed by atoms with E-state index >= 15 is 0 Å². The van der Waals surface area contributed by atoms with Gasteiger partial charge >= 0.3 is 0 Å². The van der Waals surface area contributed by atoms with Gasteiger partial charge in [-0.1, -0.05) is 164 Å². The van der Waals surface area contributed by atoms with Crippen LogP contribution in [0.15, 0.2) is 209 Å². The molecule has 1 N–H and O–H groups in total. The van der Waals surface area contributed by atoms with Gasteiger partial charge in [0.05, 0.1) is 16.6 Å². The van der Waals surface area contributed by atoms with Crippen molar-refractivity contribution in [3.63, 3.8) is 0 Å². The SMILES string of the molecule is c1ccc(C2=NC(c3cccc(-c4ccccc4)c3)NC(c3ccc(-c4cccc(-c5nc6cc7ccccc7cc6c6oc7ccccc7c56)c4)cc3)=N2)cc1. The number of aromatic nitrogens is 1.